The fraction of sp³-hybridized carbons (Fsp3) is 0.263. The van der Waals surface area contributed by atoms with Gasteiger partial charge in [-0.1, -0.05) is 12.1 Å². The first-order chi connectivity index (χ1) is 13.0. The Labute approximate surface area is 156 Å². The molecular formula is C19H21FN2O5. The minimum absolute atomic E-state index is 0.0492. The second-order valence-corrected chi connectivity index (χ2v) is 5.25. The van der Waals surface area contributed by atoms with Crippen molar-refractivity contribution >= 4 is 11.8 Å². The van der Waals surface area contributed by atoms with Gasteiger partial charge in [-0.25, -0.2) is 4.39 Å². The van der Waals surface area contributed by atoms with Gasteiger partial charge < -0.3 is 14.2 Å². The van der Waals surface area contributed by atoms with Gasteiger partial charge in [0.1, 0.15) is 0 Å². The van der Waals surface area contributed by atoms with Crippen LogP contribution in [0.4, 0.5) is 4.39 Å². The third-order valence-electron chi connectivity index (χ3n) is 3.32. The van der Waals surface area contributed by atoms with E-state index in [4.69, 9.17) is 14.2 Å². The Bertz CT molecular complexity index is 797. The van der Waals surface area contributed by atoms with Crippen molar-refractivity contribution in [1.82, 2.24) is 10.9 Å². The molecule has 0 atom stereocenters. The van der Waals surface area contributed by atoms with Crippen LogP contribution in [-0.2, 0) is 4.79 Å². The molecule has 0 radical (unpaired) electrons. The van der Waals surface area contributed by atoms with E-state index in [2.05, 4.69) is 10.9 Å². The van der Waals surface area contributed by atoms with E-state index >= 15 is 0 Å². The number of nitrogens with one attached hydrogen (secondary N) is 2. The second kappa shape index (κ2) is 10.0. The lowest BCUT2D eigenvalue weighted by molar-refractivity contribution is -0.123. The number of carbonyl (C=O) groups is 2. The molecule has 2 aromatic rings. The standard InChI is InChI=1S/C19H21FN2O5/c1-3-25-16-10-9-13(11-17(16)26-4-2)19(24)22-21-18(23)12-27-15-8-6-5-7-14(15)20/h5-11H,3-4,12H2,1-2H3,(H,21,23)(H,22,24). The molecule has 2 amide bonds. The van der Waals surface area contributed by atoms with E-state index in [0.717, 1.165) is 0 Å². The van der Waals surface area contributed by atoms with Crippen molar-refractivity contribution in [3.05, 3.63) is 53.8 Å². The molecule has 0 aliphatic heterocycles. The summed E-state index contributed by atoms with van der Waals surface area (Å²) in [5.41, 5.74) is 4.74. The fourth-order valence-electron chi connectivity index (χ4n) is 2.13. The lowest BCUT2D eigenvalue weighted by Gasteiger charge is -2.13. The maximum Gasteiger partial charge on any atom is 0.276 e. The molecule has 144 valence electrons. The summed E-state index contributed by atoms with van der Waals surface area (Å²) in [6, 6.07) is 10.4. The molecule has 0 saturated carbocycles. The molecule has 0 aliphatic rings. The molecule has 27 heavy (non-hydrogen) atoms. The molecule has 2 aromatic carbocycles. The minimum atomic E-state index is -0.637. The average molecular weight is 376 g/mol. The predicted octanol–water partition coefficient (Wildman–Crippen LogP) is 2.46. The van der Waals surface area contributed by atoms with Gasteiger partial charge in [-0.2, -0.15) is 0 Å². The number of halogens is 1. The van der Waals surface area contributed by atoms with Crippen molar-refractivity contribution in [3.63, 3.8) is 0 Å². The fourth-order valence-corrected chi connectivity index (χ4v) is 2.13. The quantitative estimate of drug-likeness (QED) is 0.692. The minimum Gasteiger partial charge on any atom is -0.490 e. The lowest BCUT2D eigenvalue weighted by atomic mass is 10.2. The maximum absolute atomic E-state index is 13.4. The first-order valence-electron chi connectivity index (χ1n) is 8.41. The van der Waals surface area contributed by atoms with Gasteiger partial charge in [-0.05, 0) is 44.2 Å². The molecule has 0 bridgehead atoms. The summed E-state index contributed by atoms with van der Waals surface area (Å²) >= 11 is 0. The van der Waals surface area contributed by atoms with E-state index in [-0.39, 0.29) is 11.3 Å². The molecule has 0 spiro atoms. The number of carbonyl (C=O) groups excluding carboxylic acids is 2. The highest BCUT2D eigenvalue weighted by Gasteiger charge is 2.13. The number of rotatable bonds is 8. The largest absolute Gasteiger partial charge is 0.490 e. The third-order valence-corrected chi connectivity index (χ3v) is 3.32. The number of hydrogen-bond donors (Lipinski definition) is 2. The van der Waals surface area contributed by atoms with Crippen LogP contribution in [0.15, 0.2) is 42.5 Å². The Morgan fingerprint density at radius 2 is 1.59 bits per heavy atom. The Kier molecular flexibility index (Phi) is 7.42. The van der Waals surface area contributed by atoms with Crippen molar-refractivity contribution < 1.29 is 28.2 Å². The molecule has 2 N–H and O–H groups in total. The number of benzene rings is 2. The van der Waals surface area contributed by atoms with E-state index in [1.165, 1.54) is 24.3 Å². The van der Waals surface area contributed by atoms with Crippen LogP contribution in [0.25, 0.3) is 0 Å². The zero-order valence-corrected chi connectivity index (χ0v) is 15.1. The van der Waals surface area contributed by atoms with E-state index in [0.29, 0.717) is 24.7 Å². The normalized spacial score (nSPS) is 10.0. The maximum atomic E-state index is 13.4. The molecule has 2 rings (SSSR count). The van der Waals surface area contributed by atoms with Gasteiger partial charge in [0.15, 0.2) is 29.7 Å². The van der Waals surface area contributed by atoms with Crippen LogP contribution >= 0.6 is 0 Å². The number of hydrogen-bond acceptors (Lipinski definition) is 5. The Hall–Kier alpha value is -3.29. The number of hydrazine groups is 1. The van der Waals surface area contributed by atoms with Crippen LogP contribution in [0.5, 0.6) is 17.2 Å². The first-order valence-corrected chi connectivity index (χ1v) is 8.41. The number of para-hydroxylation sites is 1. The lowest BCUT2D eigenvalue weighted by Crippen LogP contribution is -2.43. The molecule has 0 heterocycles. The number of ether oxygens (including phenoxy) is 3. The average Bonchev–Trinajstić information content (AvgIpc) is 2.67. The predicted molar refractivity (Wildman–Crippen MR) is 96.3 cm³/mol. The van der Waals surface area contributed by atoms with E-state index in [9.17, 15) is 14.0 Å². The molecule has 7 nitrogen and oxygen atoms in total. The van der Waals surface area contributed by atoms with E-state index < -0.39 is 24.2 Å². The molecule has 0 unspecified atom stereocenters. The van der Waals surface area contributed by atoms with Crippen LogP contribution in [-0.4, -0.2) is 31.6 Å². The first kappa shape index (κ1) is 20.0. The van der Waals surface area contributed by atoms with Crippen LogP contribution in [0.1, 0.15) is 24.2 Å². The van der Waals surface area contributed by atoms with Crippen molar-refractivity contribution in [2.45, 2.75) is 13.8 Å². The summed E-state index contributed by atoms with van der Waals surface area (Å²) in [6.45, 7) is 4.08. The molecule has 0 aliphatic carbocycles. The Balaban J connectivity index is 1.90. The smallest absolute Gasteiger partial charge is 0.276 e. The molecule has 0 fully saturated rings. The van der Waals surface area contributed by atoms with Gasteiger partial charge in [0, 0.05) is 5.56 Å². The van der Waals surface area contributed by atoms with Gasteiger partial charge in [-0.3, -0.25) is 20.4 Å². The van der Waals surface area contributed by atoms with Gasteiger partial charge >= 0.3 is 0 Å². The van der Waals surface area contributed by atoms with Crippen molar-refractivity contribution in [3.8, 4) is 17.2 Å². The van der Waals surface area contributed by atoms with Gasteiger partial charge in [0.2, 0.25) is 0 Å². The zero-order valence-electron chi connectivity index (χ0n) is 15.1. The Morgan fingerprint density at radius 1 is 0.889 bits per heavy atom. The van der Waals surface area contributed by atoms with Crippen LogP contribution in [0.2, 0.25) is 0 Å². The molecule has 0 aromatic heterocycles. The highest BCUT2D eigenvalue weighted by atomic mass is 19.1. The monoisotopic (exact) mass is 376 g/mol. The van der Waals surface area contributed by atoms with Crippen LogP contribution in [0.3, 0.4) is 0 Å². The summed E-state index contributed by atoms with van der Waals surface area (Å²) in [7, 11) is 0. The van der Waals surface area contributed by atoms with E-state index in [1.807, 2.05) is 13.8 Å². The summed E-state index contributed by atoms with van der Waals surface area (Å²) < 4.78 is 29.4. The zero-order chi connectivity index (χ0) is 19.6. The second-order valence-electron chi connectivity index (χ2n) is 5.25. The van der Waals surface area contributed by atoms with Crippen molar-refractivity contribution in [1.29, 1.82) is 0 Å². The highest BCUT2D eigenvalue weighted by Crippen LogP contribution is 2.28. The highest BCUT2D eigenvalue weighted by molar-refractivity contribution is 5.96. The summed E-state index contributed by atoms with van der Waals surface area (Å²) in [4.78, 5) is 23.9. The topological polar surface area (TPSA) is 85.9 Å². The van der Waals surface area contributed by atoms with Crippen molar-refractivity contribution in [2.24, 2.45) is 0 Å². The SMILES string of the molecule is CCOc1ccc(C(=O)NNC(=O)COc2ccccc2F)cc1OCC. The Morgan fingerprint density at radius 3 is 2.30 bits per heavy atom. The van der Waals surface area contributed by atoms with Crippen molar-refractivity contribution in [2.75, 3.05) is 19.8 Å². The van der Waals surface area contributed by atoms with Crippen LogP contribution in [0, 0.1) is 5.82 Å². The molecule has 0 saturated heterocycles. The summed E-state index contributed by atoms with van der Waals surface area (Å²) in [5, 5.41) is 0. The summed E-state index contributed by atoms with van der Waals surface area (Å²) in [5.74, 6) is -0.848. The molecular weight excluding hydrogens is 355 g/mol. The summed E-state index contributed by atoms with van der Waals surface area (Å²) in [6.07, 6.45) is 0. The van der Waals surface area contributed by atoms with Gasteiger partial charge in [0.25, 0.3) is 11.8 Å². The van der Waals surface area contributed by atoms with Gasteiger partial charge in [0.05, 0.1) is 13.2 Å². The van der Waals surface area contributed by atoms with Gasteiger partial charge in [-0.15, -0.1) is 0 Å². The van der Waals surface area contributed by atoms with Crippen LogP contribution < -0.4 is 25.1 Å². The number of amides is 2. The third kappa shape index (κ3) is 5.88. The van der Waals surface area contributed by atoms with E-state index in [1.54, 1.807) is 18.2 Å². The molecule has 8 heteroatoms.